The van der Waals surface area contributed by atoms with Crippen molar-refractivity contribution in [1.82, 2.24) is 9.97 Å². The SMILES string of the molecule is O=C(Nc1cccc(F)c1)c1cnc(Cl)nc1Cl. The van der Waals surface area contributed by atoms with E-state index in [1.807, 2.05) is 0 Å². The molecule has 2 aromatic rings. The van der Waals surface area contributed by atoms with Crippen molar-refractivity contribution in [2.24, 2.45) is 0 Å². The Morgan fingerprint density at radius 2 is 2.11 bits per heavy atom. The molecule has 0 unspecified atom stereocenters. The number of rotatable bonds is 2. The zero-order chi connectivity index (χ0) is 13.1. The Labute approximate surface area is 112 Å². The molecule has 7 heteroatoms. The summed E-state index contributed by atoms with van der Waals surface area (Å²) in [5, 5.41) is 2.35. The van der Waals surface area contributed by atoms with E-state index in [-0.39, 0.29) is 16.0 Å². The molecule has 0 atom stereocenters. The average molecular weight is 286 g/mol. The smallest absolute Gasteiger partial charge is 0.260 e. The molecule has 2 rings (SSSR count). The minimum absolute atomic E-state index is 0.0534. The number of nitrogens with zero attached hydrogens (tertiary/aromatic N) is 2. The fraction of sp³-hybridized carbons (Fsp3) is 0. The van der Waals surface area contributed by atoms with Gasteiger partial charge in [-0.3, -0.25) is 4.79 Å². The van der Waals surface area contributed by atoms with Crippen LogP contribution < -0.4 is 5.32 Å². The van der Waals surface area contributed by atoms with Gasteiger partial charge >= 0.3 is 0 Å². The monoisotopic (exact) mass is 285 g/mol. The summed E-state index contributed by atoms with van der Waals surface area (Å²) < 4.78 is 12.9. The van der Waals surface area contributed by atoms with Crippen molar-refractivity contribution in [3.63, 3.8) is 0 Å². The van der Waals surface area contributed by atoms with Crippen LogP contribution in [0.1, 0.15) is 10.4 Å². The summed E-state index contributed by atoms with van der Waals surface area (Å²) in [7, 11) is 0. The molecule has 0 radical (unpaired) electrons. The molecule has 1 amide bonds. The Balaban J connectivity index is 2.22. The van der Waals surface area contributed by atoms with E-state index < -0.39 is 11.7 Å². The predicted octanol–water partition coefficient (Wildman–Crippen LogP) is 3.17. The Morgan fingerprint density at radius 1 is 1.33 bits per heavy atom. The van der Waals surface area contributed by atoms with Gasteiger partial charge in [0.2, 0.25) is 5.28 Å². The molecule has 0 spiro atoms. The first kappa shape index (κ1) is 12.7. The highest BCUT2D eigenvalue weighted by atomic mass is 35.5. The van der Waals surface area contributed by atoms with Crippen LogP contribution >= 0.6 is 23.2 Å². The van der Waals surface area contributed by atoms with Gasteiger partial charge in [0.25, 0.3) is 5.91 Å². The third-order valence-electron chi connectivity index (χ3n) is 2.04. The minimum atomic E-state index is -0.540. The van der Waals surface area contributed by atoms with Crippen molar-refractivity contribution >= 4 is 34.8 Å². The lowest BCUT2D eigenvalue weighted by Gasteiger charge is -2.05. The van der Waals surface area contributed by atoms with Crippen LogP contribution in [0.15, 0.2) is 30.5 Å². The number of nitrogens with one attached hydrogen (secondary N) is 1. The third kappa shape index (κ3) is 2.94. The van der Waals surface area contributed by atoms with Gasteiger partial charge in [-0.05, 0) is 29.8 Å². The molecule has 0 aliphatic heterocycles. The molecule has 0 aliphatic carbocycles. The number of hydrogen-bond acceptors (Lipinski definition) is 3. The van der Waals surface area contributed by atoms with E-state index in [1.165, 1.54) is 24.4 Å². The number of aromatic nitrogens is 2. The van der Waals surface area contributed by atoms with E-state index in [4.69, 9.17) is 23.2 Å². The molecule has 18 heavy (non-hydrogen) atoms. The Bertz CT molecular complexity index is 607. The molecule has 0 fully saturated rings. The first-order valence-electron chi connectivity index (χ1n) is 4.81. The summed E-state index contributed by atoms with van der Waals surface area (Å²) >= 11 is 11.3. The highest BCUT2D eigenvalue weighted by molar-refractivity contribution is 6.34. The first-order valence-corrected chi connectivity index (χ1v) is 5.57. The van der Waals surface area contributed by atoms with Gasteiger partial charge in [0, 0.05) is 11.9 Å². The molecule has 1 aromatic carbocycles. The fourth-order valence-electron chi connectivity index (χ4n) is 1.26. The van der Waals surface area contributed by atoms with E-state index in [1.54, 1.807) is 6.07 Å². The molecule has 0 saturated carbocycles. The quantitative estimate of drug-likeness (QED) is 0.681. The van der Waals surface area contributed by atoms with Gasteiger partial charge < -0.3 is 5.32 Å². The molecule has 1 aromatic heterocycles. The molecule has 4 nitrogen and oxygen atoms in total. The number of carbonyl (C=O) groups is 1. The number of hydrogen-bond donors (Lipinski definition) is 1. The molecule has 1 heterocycles. The molecule has 1 N–H and O–H groups in total. The zero-order valence-corrected chi connectivity index (χ0v) is 10.3. The van der Waals surface area contributed by atoms with Crippen LogP contribution in [0.25, 0.3) is 0 Å². The van der Waals surface area contributed by atoms with Crippen LogP contribution in [0.3, 0.4) is 0 Å². The van der Waals surface area contributed by atoms with Crippen LogP contribution in [0.4, 0.5) is 10.1 Å². The highest BCUT2D eigenvalue weighted by Crippen LogP contribution is 2.16. The van der Waals surface area contributed by atoms with Gasteiger partial charge in [0.1, 0.15) is 11.0 Å². The maximum atomic E-state index is 12.9. The predicted molar refractivity (Wildman–Crippen MR) is 66.4 cm³/mol. The van der Waals surface area contributed by atoms with Gasteiger partial charge in [-0.2, -0.15) is 0 Å². The Hall–Kier alpha value is -1.72. The summed E-state index contributed by atoms with van der Waals surface area (Å²) in [4.78, 5) is 19.1. The lowest BCUT2D eigenvalue weighted by atomic mass is 10.2. The van der Waals surface area contributed by atoms with E-state index in [2.05, 4.69) is 15.3 Å². The average Bonchev–Trinajstić information content (AvgIpc) is 2.28. The lowest BCUT2D eigenvalue weighted by molar-refractivity contribution is 0.102. The van der Waals surface area contributed by atoms with Crippen LogP contribution in [0.2, 0.25) is 10.4 Å². The second kappa shape index (κ2) is 5.29. The van der Waals surface area contributed by atoms with Gasteiger partial charge in [-0.25, -0.2) is 14.4 Å². The van der Waals surface area contributed by atoms with E-state index >= 15 is 0 Å². The summed E-state index contributed by atoms with van der Waals surface area (Å²) in [5.74, 6) is -0.992. The van der Waals surface area contributed by atoms with Gasteiger partial charge in [-0.15, -0.1) is 0 Å². The Morgan fingerprint density at radius 3 is 2.78 bits per heavy atom. The first-order chi connectivity index (χ1) is 8.56. The molecular formula is C11H6Cl2FN3O. The van der Waals surface area contributed by atoms with E-state index in [9.17, 15) is 9.18 Å². The van der Waals surface area contributed by atoms with Crippen LogP contribution in [0, 0.1) is 5.82 Å². The summed E-state index contributed by atoms with van der Waals surface area (Å²) in [6.07, 6.45) is 1.20. The van der Waals surface area contributed by atoms with Crippen molar-refractivity contribution in [2.45, 2.75) is 0 Å². The van der Waals surface area contributed by atoms with Gasteiger partial charge in [0.15, 0.2) is 0 Å². The van der Waals surface area contributed by atoms with Crippen LogP contribution in [-0.4, -0.2) is 15.9 Å². The topological polar surface area (TPSA) is 54.9 Å². The second-order valence-corrected chi connectivity index (χ2v) is 4.00. The Kier molecular flexibility index (Phi) is 3.74. The summed E-state index contributed by atoms with van der Waals surface area (Å²) in [6.45, 7) is 0. The maximum absolute atomic E-state index is 12.9. The molecule has 0 saturated heterocycles. The number of carbonyl (C=O) groups excluding carboxylic acids is 1. The molecule has 92 valence electrons. The van der Waals surface area contributed by atoms with Gasteiger partial charge in [0.05, 0.1) is 5.56 Å². The van der Waals surface area contributed by atoms with Crippen LogP contribution in [0.5, 0.6) is 0 Å². The largest absolute Gasteiger partial charge is 0.322 e. The van der Waals surface area contributed by atoms with E-state index in [0.717, 1.165) is 0 Å². The van der Waals surface area contributed by atoms with Crippen molar-refractivity contribution in [3.05, 3.63) is 52.3 Å². The standard InChI is InChI=1S/C11H6Cl2FN3O/c12-9-8(5-15-11(13)17-9)10(18)16-7-3-1-2-6(14)4-7/h1-5H,(H,16,18). The highest BCUT2D eigenvalue weighted by Gasteiger charge is 2.13. The van der Waals surface area contributed by atoms with Crippen molar-refractivity contribution in [3.8, 4) is 0 Å². The normalized spacial score (nSPS) is 10.2. The van der Waals surface area contributed by atoms with Crippen molar-refractivity contribution < 1.29 is 9.18 Å². The molecule has 0 bridgehead atoms. The lowest BCUT2D eigenvalue weighted by Crippen LogP contribution is -2.13. The minimum Gasteiger partial charge on any atom is -0.322 e. The fourth-order valence-corrected chi connectivity index (χ4v) is 1.65. The second-order valence-electron chi connectivity index (χ2n) is 3.31. The number of anilines is 1. The number of benzene rings is 1. The number of halogens is 3. The third-order valence-corrected chi connectivity index (χ3v) is 2.51. The van der Waals surface area contributed by atoms with Gasteiger partial charge in [-0.1, -0.05) is 17.7 Å². The summed E-state index contributed by atoms with van der Waals surface area (Å²) in [6, 6.07) is 5.48. The maximum Gasteiger partial charge on any atom is 0.260 e. The number of amides is 1. The van der Waals surface area contributed by atoms with E-state index in [0.29, 0.717) is 5.69 Å². The molecular weight excluding hydrogens is 280 g/mol. The van der Waals surface area contributed by atoms with Crippen molar-refractivity contribution in [1.29, 1.82) is 0 Å². The zero-order valence-electron chi connectivity index (χ0n) is 8.82. The van der Waals surface area contributed by atoms with Crippen molar-refractivity contribution in [2.75, 3.05) is 5.32 Å². The summed E-state index contributed by atoms with van der Waals surface area (Å²) in [5.41, 5.74) is 0.372. The molecule has 0 aliphatic rings. The van der Waals surface area contributed by atoms with Crippen LogP contribution in [-0.2, 0) is 0 Å².